The van der Waals surface area contributed by atoms with Gasteiger partial charge in [0.15, 0.2) is 0 Å². The molecule has 0 saturated heterocycles. The van der Waals surface area contributed by atoms with Gasteiger partial charge in [-0.1, -0.05) is 124 Å². The molecular formula is C61H69N5S8. The van der Waals surface area contributed by atoms with E-state index in [-0.39, 0.29) is 5.41 Å². The molecule has 74 heavy (non-hydrogen) atoms. The van der Waals surface area contributed by atoms with Gasteiger partial charge in [-0.15, -0.1) is 68.0 Å². The van der Waals surface area contributed by atoms with Crippen LogP contribution in [0.25, 0.3) is 66.9 Å². The van der Waals surface area contributed by atoms with Gasteiger partial charge in [0.2, 0.25) is 0 Å². The minimum atomic E-state index is -0.0707. The van der Waals surface area contributed by atoms with Gasteiger partial charge in [-0.25, -0.2) is 4.40 Å². The molecule has 0 bridgehead atoms. The van der Waals surface area contributed by atoms with E-state index in [2.05, 4.69) is 101 Å². The Labute approximate surface area is 472 Å². The average molecular weight is 1130 g/mol. The Bertz CT molecular complexity index is 3270. The van der Waals surface area contributed by atoms with E-state index in [9.17, 15) is 0 Å². The van der Waals surface area contributed by atoms with Crippen LogP contribution >= 0.6 is 91.7 Å². The van der Waals surface area contributed by atoms with Crippen molar-refractivity contribution >= 4 is 120 Å². The maximum atomic E-state index is 5.27. The molecule has 8 aromatic heterocycles. The Kier molecular flexibility index (Phi) is 18.3. The Balaban J connectivity index is 0.986. The highest BCUT2D eigenvalue weighted by molar-refractivity contribution is 7.97. The fraction of sp³-hybridized carbons (Fsp3) is 0.426. The van der Waals surface area contributed by atoms with Gasteiger partial charge in [-0.05, 0) is 122 Å². The predicted octanol–water partition coefficient (Wildman–Crippen LogP) is 21.7. The van der Waals surface area contributed by atoms with Crippen molar-refractivity contribution in [3.63, 3.8) is 0 Å². The number of allylic oxidation sites excluding steroid dienone is 2. The number of aliphatic imine (C=N–C) groups is 1. The third kappa shape index (κ3) is 11.3. The molecule has 0 atom stereocenters. The topological polar surface area (TPSA) is 63.4 Å². The molecular weight excluding hydrogens is 1060 g/mol. The minimum absolute atomic E-state index is 0.0707. The molecule has 1 aliphatic carbocycles. The van der Waals surface area contributed by atoms with Crippen molar-refractivity contribution < 1.29 is 0 Å². The fourth-order valence-electron chi connectivity index (χ4n) is 10.8. The molecule has 0 amide bonds. The number of pyridine rings is 1. The maximum absolute atomic E-state index is 5.27. The fourth-order valence-corrected chi connectivity index (χ4v) is 18.8. The highest BCUT2D eigenvalue weighted by Gasteiger charge is 2.46. The van der Waals surface area contributed by atoms with Crippen LogP contribution in [0, 0.1) is 0 Å². The van der Waals surface area contributed by atoms with Crippen LogP contribution in [0.2, 0.25) is 0 Å². The molecule has 10 rings (SSSR count). The Morgan fingerprint density at radius 3 is 1.66 bits per heavy atom. The van der Waals surface area contributed by atoms with Crippen LogP contribution in [-0.2, 0) is 18.3 Å². The number of aryl methyl sites for hydroxylation is 2. The lowest BCUT2D eigenvalue weighted by molar-refractivity contribution is 0.402. The standard InChI is InChI=1S/C61H69N5S8/c1-7-11-15-19-23-40-25-27-46(68-40)48-29-31-50(70-48)56-54(64-67-6)39(5)42(37-62-56)52-35-44-59(72-52)60-45(61(44,33-21-17-13-9-3)34-22-18-14-10-4)36-53(73-60)43-38-63-57(58-55(43)65-74-66-58)51-32-30-49(71-51)47-28-26-41(69-47)24-20-16-12-8-2/h25-32,35-38H,5,7-24,33-34H2,1-4,6H3. The van der Waals surface area contributed by atoms with Gasteiger partial charge in [0, 0.05) is 89.5 Å². The second kappa shape index (κ2) is 25.2. The zero-order chi connectivity index (χ0) is 51.0. The van der Waals surface area contributed by atoms with Crippen molar-refractivity contribution in [2.24, 2.45) is 9.39 Å². The molecule has 9 heterocycles. The van der Waals surface area contributed by atoms with Crippen molar-refractivity contribution in [1.82, 2.24) is 13.7 Å². The van der Waals surface area contributed by atoms with Crippen LogP contribution in [0.15, 0.2) is 94.6 Å². The van der Waals surface area contributed by atoms with Crippen LogP contribution in [0.3, 0.4) is 0 Å². The first kappa shape index (κ1) is 53.7. The molecule has 0 N–H and O–H groups in total. The number of hydrogen-bond acceptors (Lipinski definition) is 13. The van der Waals surface area contributed by atoms with Gasteiger partial charge in [0.05, 0.1) is 21.5 Å². The molecule has 5 nitrogen and oxygen atoms in total. The van der Waals surface area contributed by atoms with E-state index in [0.717, 1.165) is 67.5 Å². The van der Waals surface area contributed by atoms with Crippen molar-refractivity contribution in [2.75, 3.05) is 6.26 Å². The summed E-state index contributed by atoms with van der Waals surface area (Å²) in [4.78, 5) is 26.3. The third-order valence-corrected chi connectivity index (χ3v) is 23.1. The first-order valence-corrected chi connectivity index (χ1v) is 34.1. The van der Waals surface area contributed by atoms with Gasteiger partial charge in [0.1, 0.15) is 28.2 Å². The lowest BCUT2D eigenvalue weighted by Gasteiger charge is -2.31. The van der Waals surface area contributed by atoms with E-state index in [0.29, 0.717) is 0 Å². The van der Waals surface area contributed by atoms with Crippen LogP contribution in [-0.4, -0.2) is 31.4 Å². The van der Waals surface area contributed by atoms with E-state index in [1.54, 1.807) is 0 Å². The van der Waals surface area contributed by atoms with E-state index in [4.69, 9.17) is 29.7 Å². The second-order valence-electron chi connectivity index (χ2n) is 20.0. The number of thiophene rings is 6. The number of hydrogen-bond donors (Lipinski definition) is 0. The van der Waals surface area contributed by atoms with Gasteiger partial charge < -0.3 is 0 Å². The van der Waals surface area contributed by atoms with Crippen LogP contribution in [0.5, 0.6) is 0 Å². The molecule has 2 aliphatic rings. The summed E-state index contributed by atoms with van der Waals surface area (Å²) in [6, 6.07) is 23.3. The number of rotatable bonds is 27. The third-order valence-electron chi connectivity index (χ3n) is 14.8. The maximum Gasteiger partial charge on any atom is 0.132 e. The Morgan fingerprint density at radius 1 is 0.541 bits per heavy atom. The zero-order valence-corrected chi connectivity index (χ0v) is 50.3. The molecule has 0 saturated carbocycles. The number of nitrogens with zero attached hydrogens (tertiary/aromatic N) is 5. The van der Waals surface area contributed by atoms with Crippen molar-refractivity contribution in [3.8, 4) is 50.3 Å². The summed E-state index contributed by atoms with van der Waals surface area (Å²) >= 11 is 14.2. The zero-order valence-electron chi connectivity index (χ0n) is 43.8. The van der Waals surface area contributed by atoms with Crippen molar-refractivity contribution in [3.05, 3.63) is 116 Å². The molecule has 0 spiro atoms. The summed E-state index contributed by atoms with van der Waals surface area (Å²) in [5.74, 6) is 0. The molecule has 386 valence electrons. The molecule has 0 aromatic carbocycles. The average Bonchev–Trinajstić information content (AvgIpc) is 4.28. The number of aromatic nitrogens is 3. The molecule has 13 heteroatoms. The van der Waals surface area contributed by atoms with Gasteiger partial charge in [-0.3, -0.25) is 9.98 Å². The van der Waals surface area contributed by atoms with Crippen LogP contribution in [0.4, 0.5) is 0 Å². The quantitative estimate of drug-likeness (QED) is 0.0380. The summed E-state index contributed by atoms with van der Waals surface area (Å²) in [5.41, 5.74) is 10.7. The van der Waals surface area contributed by atoms with E-state index in [1.807, 2.05) is 74.3 Å². The summed E-state index contributed by atoms with van der Waals surface area (Å²) in [5, 5.41) is 0. The molecule has 8 aromatic rings. The van der Waals surface area contributed by atoms with Crippen molar-refractivity contribution in [1.29, 1.82) is 0 Å². The minimum Gasteiger partial charge on any atom is -0.252 e. The summed E-state index contributed by atoms with van der Waals surface area (Å²) in [6.07, 6.45) is 31.1. The largest absolute Gasteiger partial charge is 0.252 e. The SMILES string of the molecule is C=C1C(c2cc3c(s2)-c2sc(-c4cnc(-c5ccc(-c6ccc(CCCCCC)s6)s5)c5nsnc45)cc2C3(CCCCCC)CCCCCC)=CN=C(c2ccc(-c3ccc(CCCCCC)s3)s2)C1=NSC. The normalized spacial score (nSPS) is 14.7. The summed E-state index contributed by atoms with van der Waals surface area (Å²) in [7, 11) is 0. The predicted molar refractivity (Wildman–Crippen MR) is 335 cm³/mol. The monoisotopic (exact) mass is 1130 g/mol. The van der Waals surface area contributed by atoms with Gasteiger partial charge in [0.25, 0.3) is 0 Å². The summed E-state index contributed by atoms with van der Waals surface area (Å²) in [6.45, 7) is 14.0. The molecule has 1 aliphatic heterocycles. The lowest BCUT2D eigenvalue weighted by Crippen LogP contribution is -2.25. The molecule has 0 radical (unpaired) electrons. The van der Waals surface area contributed by atoms with Gasteiger partial charge in [-0.2, -0.15) is 8.75 Å². The van der Waals surface area contributed by atoms with E-state index >= 15 is 0 Å². The highest BCUT2D eigenvalue weighted by Crippen LogP contribution is 2.62. The highest BCUT2D eigenvalue weighted by atomic mass is 32.2. The Hall–Kier alpha value is -3.66. The number of fused-ring (bicyclic) bond motifs is 4. The number of unbranched alkanes of at least 4 members (excludes halogenated alkanes) is 12. The van der Waals surface area contributed by atoms with Crippen molar-refractivity contribution in [2.45, 2.75) is 162 Å². The smallest absolute Gasteiger partial charge is 0.132 e. The molecule has 0 unspecified atom stereocenters. The lowest BCUT2D eigenvalue weighted by atomic mass is 9.71. The van der Waals surface area contributed by atoms with Crippen LogP contribution < -0.4 is 0 Å². The van der Waals surface area contributed by atoms with E-state index < -0.39 is 0 Å². The first-order valence-electron chi connectivity index (χ1n) is 27.3. The second-order valence-corrected chi connectivity index (χ2v) is 27.7. The van der Waals surface area contributed by atoms with Gasteiger partial charge >= 0.3 is 0 Å². The van der Waals surface area contributed by atoms with E-state index in [1.165, 1.54) is 199 Å². The first-order chi connectivity index (χ1) is 36.4. The Morgan fingerprint density at radius 2 is 1.05 bits per heavy atom. The van der Waals surface area contributed by atoms with Crippen LogP contribution in [0.1, 0.15) is 174 Å². The summed E-state index contributed by atoms with van der Waals surface area (Å²) < 4.78 is 15.0. The molecule has 0 fully saturated rings.